The third kappa shape index (κ3) is 3.32. The number of nitrogen functional groups attached to an aromatic ring is 1. The average molecular weight is 345 g/mol. The van der Waals surface area contributed by atoms with E-state index >= 15 is 0 Å². The van der Waals surface area contributed by atoms with Crippen LogP contribution in [0.15, 0.2) is 47.4 Å². The average Bonchev–Trinajstić information content (AvgIpc) is 2.45. The molecule has 0 heterocycles. The first-order chi connectivity index (χ1) is 9.84. The van der Waals surface area contributed by atoms with Gasteiger partial charge in [-0.1, -0.05) is 53.5 Å². The molecule has 0 saturated heterocycles. The van der Waals surface area contributed by atoms with Crippen molar-refractivity contribution in [2.75, 3.05) is 12.8 Å². The van der Waals surface area contributed by atoms with Crippen molar-refractivity contribution in [2.24, 2.45) is 0 Å². The maximum atomic E-state index is 12.6. The normalized spacial score (nSPS) is 11.8. The number of benzene rings is 2. The minimum absolute atomic E-state index is 0.0514. The van der Waals surface area contributed by atoms with Gasteiger partial charge in [0.2, 0.25) is 10.0 Å². The quantitative estimate of drug-likeness (QED) is 0.864. The summed E-state index contributed by atoms with van der Waals surface area (Å²) >= 11 is 11.8. The highest BCUT2D eigenvalue weighted by Gasteiger charge is 2.25. The van der Waals surface area contributed by atoms with Gasteiger partial charge in [-0.25, -0.2) is 8.42 Å². The van der Waals surface area contributed by atoms with Crippen molar-refractivity contribution in [3.8, 4) is 0 Å². The SMILES string of the molecule is CN(Cc1ccccc1)S(=O)(=O)c1ccc(Cl)c(N)c1Cl. The van der Waals surface area contributed by atoms with Crippen LogP contribution in [-0.4, -0.2) is 19.8 Å². The fourth-order valence-corrected chi connectivity index (χ4v) is 3.74. The smallest absolute Gasteiger partial charge is 0.244 e. The number of nitrogens with zero attached hydrogens (tertiary/aromatic N) is 1. The van der Waals surface area contributed by atoms with Crippen LogP contribution in [0.2, 0.25) is 10.0 Å². The van der Waals surface area contributed by atoms with E-state index < -0.39 is 10.0 Å². The van der Waals surface area contributed by atoms with Crippen molar-refractivity contribution < 1.29 is 8.42 Å². The van der Waals surface area contributed by atoms with Crippen molar-refractivity contribution in [1.82, 2.24) is 4.31 Å². The minimum Gasteiger partial charge on any atom is -0.396 e. The second kappa shape index (κ2) is 6.23. The van der Waals surface area contributed by atoms with Crippen LogP contribution in [0.1, 0.15) is 5.56 Å². The fourth-order valence-electron chi connectivity index (χ4n) is 1.84. The van der Waals surface area contributed by atoms with E-state index in [1.165, 1.54) is 23.5 Å². The molecule has 2 N–H and O–H groups in total. The third-order valence-corrected chi connectivity index (χ3v) is 5.72. The fraction of sp³-hybridized carbons (Fsp3) is 0.143. The van der Waals surface area contributed by atoms with Gasteiger partial charge in [-0.15, -0.1) is 0 Å². The topological polar surface area (TPSA) is 63.4 Å². The Morgan fingerprint density at radius 2 is 1.71 bits per heavy atom. The molecule has 2 aromatic rings. The van der Waals surface area contributed by atoms with Crippen molar-refractivity contribution in [3.05, 3.63) is 58.1 Å². The summed E-state index contributed by atoms with van der Waals surface area (Å²) in [4.78, 5) is -0.0514. The highest BCUT2D eigenvalue weighted by molar-refractivity contribution is 7.89. The lowest BCUT2D eigenvalue weighted by Crippen LogP contribution is -2.26. The van der Waals surface area contributed by atoms with E-state index in [2.05, 4.69) is 0 Å². The molecule has 112 valence electrons. The molecule has 0 amide bonds. The largest absolute Gasteiger partial charge is 0.396 e. The van der Waals surface area contributed by atoms with Gasteiger partial charge < -0.3 is 5.73 Å². The van der Waals surface area contributed by atoms with Crippen LogP contribution in [0.4, 0.5) is 5.69 Å². The lowest BCUT2D eigenvalue weighted by molar-refractivity contribution is 0.467. The first-order valence-electron chi connectivity index (χ1n) is 6.08. The Kier molecular flexibility index (Phi) is 4.78. The molecule has 0 unspecified atom stereocenters. The molecule has 0 aliphatic rings. The standard InChI is InChI=1S/C14H14Cl2N2O2S/c1-18(9-10-5-3-2-4-6-10)21(19,20)12-8-7-11(15)14(17)13(12)16/h2-8H,9,17H2,1H3. The van der Waals surface area contributed by atoms with E-state index in [9.17, 15) is 8.42 Å². The molecule has 0 saturated carbocycles. The number of rotatable bonds is 4. The highest BCUT2D eigenvalue weighted by atomic mass is 35.5. The van der Waals surface area contributed by atoms with E-state index in [1.54, 1.807) is 0 Å². The zero-order chi connectivity index (χ0) is 15.6. The van der Waals surface area contributed by atoms with Crippen molar-refractivity contribution in [3.63, 3.8) is 0 Å². The molecule has 21 heavy (non-hydrogen) atoms. The second-order valence-corrected chi connectivity index (χ2v) is 7.32. The predicted molar refractivity (Wildman–Crippen MR) is 86.0 cm³/mol. The van der Waals surface area contributed by atoms with E-state index in [-0.39, 0.29) is 27.2 Å². The number of halogens is 2. The molecule has 4 nitrogen and oxygen atoms in total. The van der Waals surface area contributed by atoms with Crippen LogP contribution in [0.25, 0.3) is 0 Å². The Labute approximate surface area is 134 Å². The van der Waals surface area contributed by atoms with Gasteiger partial charge in [-0.3, -0.25) is 0 Å². The Bertz CT molecular complexity index is 749. The van der Waals surface area contributed by atoms with Gasteiger partial charge in [0.05, 0.1) is 15.7 Å². The van der Waals surface area contributed by atoms with Gasteiger partial charge in [0.1, 0.15) is 4.90 Å². The van der Waals surface area contributed by atoms with Gasteiger partial charge in [-0.05, 0) is 17.7 Å². The first kappa shape index (κ1) is 16.1. The van der Waals surface area contributed by atoms with Gasteiger partial charge in [0, 0.05) is 13.6 Å². The van der Waals surface area contributed by atoms with Crippen molar-refractivity contribution in [2.45, 2.75) is 11.4 Å². The monoisotopic (exact) mass is 344 g/mol. The van der Waals surface area contributed by atoms with Gasteiger partial charge in [-0.2, -0.15) is 4.31 Å². The van der Waals surface area contributed by atoms with Crippen LogP contribution in [0.3, 0.4) is 0 Å². The predicted octanol–water partition coefficient (Wildman–Crippen LogP) is 3.40. The maximum Gasteiger partial charge on any atom is 0.244 e. The molecule has 2 aromatic carbocycles. The zero-order valence-corrected chi connectivity index (χ0v) is 13.6. The zero-order valence-electron chi connectivity index (χ0n) is 11.3. The van der Waals surface area contributed by atoms with Crippen molar-refractivity contribution >= 4 is 38.9 Å². The number of nitrogens with two attached hydrogens (primary N) is 1. The number of hydrogen-bond donors (Lipinski definition) is 1. The summed E-state index contributed by atoms with van der Waals surface area (Å²) in [5.41, 5.74) is 6.62. The summed E-state index contributed by atoms with van der Waals surface area (Å²) in [6, 6.07) is 12.1. The number of sulfonamides is 1. The summed E-state index contributed by atoms with van der Waals surface area (Å²) in [6.07, 6.45) is 0. The van der Waals surface area contributed by atoms with Crippen LogP contribution < -0.4 is 5.73 Å². The maximum absolute atomic E-state index is 12.6. The molecule has 0 spiro atoms. The van der Waals surface area contributed by atoms with Gasteiger partial charge >= 0.3 is 0 Å². The third-order valence-electron chi connectivity index (χ3n) is 3.03. The van der Waals surface area contributed by atoms with Crippen LogP contribution in [0.5, 0.6) is 0 Å². The highest BCUT2D eigenvalue weighted by Crippen LogP contribution is 2.34. The summed E-state index contributed by atoms with van der Waals surface area (Å²) in [5, 5.41) is 0.173. The molecular weight excluding hydrogens is 331 g/mol. The summed E-state index contributed by atoms with van der Waals surface area (Å²) in [6.45, 7) is 0.238. The Morgan fingerprint density at radius 3 is 2.33 bits per heavy atom. The molecule has 0 radical (unpaired) electrons. The first-order valence-corrected chi connectivity index (χ1v) is 8.27. The Hall–Kier alpha value is -1.27. The molecule has 0 bridgehead atoms. The lowest BCUT2D eigenvalue weighted by atomic mass is 10.2. The summed E-state index contributed by atoms with van der Waals surface area (Å²) in [7, 11) is -2.25. The molecule has 0 aliphatic carbocycles. The van der Waals surface area contributed by atoms with Gasteiger partial charge in [0.25, 0.3) is 0 Å². The number of anilines is 1. The molecule has 0 atom stereocenters. The van der Waals surface area contributed by atoms with E-state index in [4.69, 9.17) is 28.9 Å². The van der Waals surface area contributed by atoms with Gasteiger partial charge in [0.15, 0.2) is 0 Å². The lowest BCUT2D eigenvalue weighted by Gasteiger charge is -2.19. The van der Waals surface area contributed by atoms with E-state index in [0.717, 1.165) is 5.56 Å². The molecule has 7 heteroatoms. The summed E-state index contributed by atoms with van der Waals surface area (Å²) < 4.78 is 26.3. The molecular formula is C14H14Cl2N2O2S. The number of hydrogen-bond acceptors (Lipinski definition) is 3. The molecule has 2 rings (SSSR count). The molecule has 0 fully saturated rings. The Morgan fingerprint density at radius 1 is 1.10 bits per heavy atom. The van der Waals surface area contributed by atoms with Crippen LogP contribution in [-0.2, 0) is 16.6 Å². The van der Waals surface area contributed by atoms with Crippen molar-refractivity contribution in [1.29, 1.82) is 0 Å². The van der Waals surface area contributed by atoms with E-state index in [0.29, 0.717) is 0 Å². The molecule has 0 aliphatic heterocycles. The minimum atomic E-state index is -3.74. The van der Waals surface area contributed by atoms with E-state index in [1.807, 2.05) is 30.3 Å². The Balaban J connectivity index is 2.36. The summed E-state index contributed by atoms with van der Waals surface area (Å²) in [5.74, 6) is 0. The molecule has 0 aromatic heterocycles. The van der Waals surface area contributed by atoms with Crippen LogP contribution in [0, 0.1) is 0 Å². The second-order valence-electron chi connectivity index (χ2n) is 4.52. The van der Waals surface area contributed by atoms with Crippen LogP contribution >= 0.6 is 23.2 Å².